The Morgan fingerprint density at radius 3 is 2.41 bits per heavy atom. The van der Waals surface area contributed by atoms with E-state index in [0.717, 1.165) is 25.2 Å². The van der Waals surface area contributed by atoms with Gasteiger partial charge in [0.05, 0.1) is 5.56 Å². The van der Waals surface area contributed by atoms with Crippen molar-refractivity contribution in [1.82, 2.24) is 10.6 Å². The maximum atomic E-state index is 10.9. The van der Waals surface area contributed by atoms with Crippen molar-refractivity contribution in [3.05, 3.63) is 71.3 Å². The Labute approximate surface area is 161 Å². The van der Waals surface area contributed by atoms with Gasteiger partial charge in [-0.05, 0) is 47.9 Å². The van der Waals surface area contributed by atoms with Gasteiger partial charge in [-0.2, -0.15) is 0 Å². The third-order valence-corrected chi connectivity index (χ3v) is 6.20. The SMILES string of the molecule is O=C(O)c1ccc(CNCC2(CN[C@@H]3CC3c3ccccc3)CCC2)cc1. The first-order chi connectivity index (χ1) is 13.2. The molecule has 2 atom stereocenters. The third kappa shape index (κ3) is 4.40. The van der Waals surface area contributed by atoms with Crippen LogP contribution >= 0.6 is 0 Å². The average Bonchev–Trinajstić information content (AvgIpc) is 3.44. The minimum absolute atomic E-state index is 0.343. The summed E-state index contributed by atoms with van der Waals surface area (Å²) in [6.45, 7) is 2.90. The van der Waals surface area contributed by atoms with Gasteiger partial charge in [-0.3, -0.25) is 0 Å². The molecular formula is C23H28N2O2. The van der Waals surface area contributed by atoms with Crippen LogP contribution in [0.2, 0.25) is 0 Å². The topological polar surface area (TPSA) is 61.4 Å². The molecule has 1 unspecified atom stereocenters. The predicted molar refractivity (Wildman–Crippen MR) is 107 cm³/mol. The molecule has 4 rings (SSSR count). The van der Waals surface area contributed by atoms with Crippen LogP contribution in [0.15, 0.2) is 54.6 Å². The Balaban J connectivity index is 1.22. The molecule has 2 aromatic carbocycles. The van der Waals surface area contributed by atoms with Crippen molar-refractivity contribution in [3.63, 3.8) is 0 Å². The summed E-state index contributed by atoms with van der Waals surface area (Å²) >= 11 is 0. The van der Waals surface area contributed by atoms with Crippen molar-refractivity contribution in [3.8, 4) is 0 Å². The molecule has 142 valence electrons. The highest BCUT2D eigenvalue weighted by Crippen LogP contribution is 2.44. The number of hydrogen-bond acceptors (Lipinski definition) is 3. The monoisotopic (exact) mass is 364 g/mol. The lowest BCUT2D eigenvalue weighted by Gasteiger charge is -2.42. The Hall–Kier alpha value is -2.17. The van der Waals surface area contributed by atoms with Crippen LogP contribution in [0.25, 0.3) is 0 Å². The van der Waals surface area contributed by atoms with E-state index >= 15 is 0 Å². The molecule has 0 aromatic heterocycles. The van der Waals surface area contributed by atoms with Crippen LogP contribution in [-0.2, 0) is 6.54 Å². The molecule has 2 saturated carbocycles. The summed E-state index contributed by atoms with van der Waals surface area (Å²) in [5.41, 5.74) is 3.32. The van der Waals surface area contributed by atoms with Crippen LogP contribution in [0.1, 0.15) is 53.1 Å². The average molecular weight is 364 g/mol. The van der Waals surface area contributed by atoms with Crippen molar-refractivity contribution in [2.75, 3.05) is 13.1 Å². The molecule has 0 saturated heterocycles. The maximum Gasteiger partial charge on any atom is 0.335 e. The second kappa shape index (κ2) is 7.83. The molecule has 0 aliphatic heterocycles. The number of rotatable bonds is 9. The Morgan fingerprint density at radius 2 is 1.78 bits per heavy atom. The Kier molecular flexibility index (Phi) is 5.28. The number of aromatic carboxylic acids is 1. The van der Waals surface area contributed by atoms with Gasteiger partial charge in [0.1, 0.15) is 0 Å². The predicted octanol–water partition coefficient (Wildman–Crippen LogP) is 3.79. The fourth-order valence-electron chi connectivity index (χ4n) is 4.17. The molecular weight excluding hydrogens is 336 g/mol. The van der Waals surface area contributed by atoms with Gasteiger partial charge in [0.2, 0.25) is 0 Å². The first kappa shape index (κ1) is 18.2. The number of nitrogens with one attached hydrogen (secondary N) is 2. The lowest BCUT2D eigenvalue weighted by molar-refractivity contribution is 0.0697. The van der Waals surface area contributed by atoms with E-state index in [1.165, 1.54) is 31.2 Å². The normalized spacial score (nSPS) is 22.8. The Bertz CT molecular complexity index is 769. The van der Waals surface area contributed by atoms with Gasteiger partial charge in [0.15, 0.2) is 0 Å². The first-order valence-corrected chi connectivity index (χ1v) is 9.97. The lowest BCUT2D eigenvalue weighted by Crippen LogP contribution is -2.47. The largest absolute Gasteiger partial charge is 0.478 e. The van der Waals surface area contributed by atoms with Crippen LogP contribution in [0.3, 0.4) is 0 Å². The fourth-order valence-corrected chi connectivity index (χ4v) is 4.17. The lowest BCUT2D eigenvalue weighted by atomic mass is 9.68. The molecule has 0 amide bonds. The van der Waals surface area contributed by atoms with Crippen molar-refractivity contribution >= 4 is 5.97 Å². The van der Waals surface area contributed by atoms with Crippen molar-refractivity contribution in [1.29, 1.82) is 0 Å². The summed E-state index contributed by atoms with van der Waals surface area (Å²) in [6.07, 6.45) is 5.15. The van der Waals surface area contributed by atoms with E-state index in [2.05, 4.69) is 41.0 Å². The van der Waals surface area contributed by atoms with Crippen molar-refractivity contribution in [2.24, 2.45) is 5.41 Å². The van der Waals surface area contributed by atoms with Gasteiger partial charge < -0.3 is 15.7 Å². The molecule has 2 fully saturated rings. The van der Waals surface area contributed by atoms with E-state index in [1.807, 2.05) is 12.1 Å². The standard InChI is InChI=1S/C23H28N2O2/c26-22(27)19-9-7-17(8-10-19)14-24-15-23(11-4-12-23)16-25-21-13-20(21)18-5-2-1-3-6-18/h1-3,5-10,20-21,24-25H,4,11-16H2,(H,26,27)/t20?,21-/m1/s1. The number of carboxylic acids is 1. The summed E-state index contributed by atoms with van der Waals surface area (Å²) in [5, 5.41) is 16.4. The highest BCUT2D eigenvalue weighted by Gasteiger charge is 2.42. The van der Waals surface area contributed by atoms with E-state index in [-0.39, 0.29) is 0 Å². The number of carboxylic acid groups (broad SMARTS) is 1. The molecule has 4 heteroatoms. The zero-order valence-corrected chi connectivity index (χ0v) is 15.7. The third-order valence-electron chi connectivity index (χ3n) is 6.20. The summed E-state index contributed by atoms with van der Waals surface area (Å²) in [5.74, 6) is -0.188. The van der Waals surface area contributed by atoms with Crippen LogP contribution in [0.5, 0.6) is 0 Å². The minimum atomic E-state index is -0.872. The zero-order valence-electron chi connectivity index (χ0n) is 15.7. The summed E-state index contributed by atoms with van der Waals surface area (Å²) < 4.78 is 0. The summed E-state index contributed by atoms with van der Waals surface area (Å²) in [4.78, 5) is 10.9. The number of hydrogen-bond donors (Lipinski definition) is 3. The van der Waals surface area contributed by atoms with Crippen LogP contribution in [0.4, 0.5) is 0 Å². The maximum absolute atomic E-state index is 10.9. The molecule has 2 aliphatic carbocycles. The van der Waals surface area contributed by atoms with E-state index in [0.29, 0.717) is 22.9 Å². The number of carbonyl (C=O) groups is 1. The second-order valence-corrected chi connectivity index (χ2v) is 8.20. The second-order valence-electron chi connectivity index (χ2n) is 8.20. The molecule has 4 nitrogen and oxygen atoms in total. The van der Waals surface area contributed by atoms with Gasteiger partial charge in [-0.1, -0.05) is 48.9 Å². The highest BCUT2D eigenvalue weighted by molar-refractivity contribution is 5.87. The van der Waals surface area contributed by atoms with E-state index in [9.17, 15) is 4.79 Å². The zero-order chi connectivity index (χ0) is 18.7. The summed E-state index contributed by atoms with van der Waals surface area (Å²) in [7, 11) is 0. The molecule has 2 aliphatic rings. The van der Waals surface area contributed by atoms with Crippen molar-refractivity contribution < 1.29 is 9.90 Å². The van der Waals surface area contributed by atoms with Crippen LogP contribution in [-0.4, -0.2) is 30.2 Å². The van der Waals surface area contributed by atoms with Gasteiger partial charge in [-0.15, -0.1) is 0 Å². The highest BCUT2D eigenvalue weighted by atomic mass is 16.4. The van der Waals surface area contributed by atoms with Gasteiger partial charge in [0.25, 0.3) is 0 Å². The van der Waals surface area contributed by atoms with Gasteiger partial charge in [0, 0.05) is 31.6 Å². The summed E-state index contributed by atoms with van der Waals surface area (Å²) in [6, 6.07) is 18.6. The fraction of sp³-hybridized carbons (Fsp3) is 0.435. The molecule has 27 heavy (non-hydrogen) atoms. The number of benzene rings is 2. The molecule has 0 bridgehead atoms. The molecule has 0 heterocycles. The van der Waals surface area contributed by atoms with E-state index in [4.69, 9.17) is 5.11 Å². The van der Waals surface area contributed by atoms with Crippen molar-refractivity contribution in [2.45, 2.75) is 44.2 Å². The van der Waals surface area contributed by atoms with Gasteiger partial charge in [-0.25, -0.2) is 4.79 Å². The molecule has 0 spiro atoms. The Morgan fingerprint density at radius 1 is 1.04 bits per heavy atom. The van der Waals surface area contributed by atoms with Crippen LogP contribution < -0.4 is 10.6 Å². The molecule has 0 radical (unpaired) electrons. The van der Waals surface area contributed by atoms with Crippen LogP contribution in [0, 0.1) is 5.41 Å². The smallest absolute Gasteiger partial charge is 0.335 e. The van der Waals surface area contributed by atoms with E-state index < -0.39 is 5.97 Å². The molecule has 2 aromatic rings. The minimum Gasteiger partial charge on any atom is -0.478 e. The van der Waals surface area contributed by atoms with Gasteiger partial charge >= 0.3 is 5.97 Å². The molecule has 3 N–H and O–H groups in total. The first-order valence-electron chi connectivity index (χ1n) is 9.97. The van der Waals surface area contributed by atoms with E-state index in [1.54, 1.807) is 12.1 Å². The quantitative estimate of drug-likeness (QED) is 0.633.